The average molecular weight is 119 g/mol. The summed E-state index contributed by atoms with van der Waals surface area (Å²) in [4.78, 5) is 0. The fourth-order valence-electron chi connectivity index (χ4n) is 0.325. The molecule has 0 aromatic rings. The Kier molecular flexibility index (Phi) is 4.50. The Morgan fingerprint density at radius 3 is 2.88 bits per heavy atom. The maximum atomic E-state index is 12.1. The second kappa shape index (κ2) is 4.74. The summed E-state index contributed by atoms with van der Waals surface area (Å²) in [5.74, 6) is -0.310. The third kappa shape index (κ3) is 3.77. The van der Waals surface area contributed by atoms with Gasteiger partial charge in [0.15, 0.2) is 0 Å². The normalized spacial score (nSPS) is 12.1. The van der Waals surface area contributed by atoms with Crippen LogP contribution < -0.4 is 5.73 Å². The maximum Gasteiger partial charge on any atom is 0.123 e. The Hall–Kier alpha value is -0.410. The third-order valence-electron chi connectivity index (χ3n) is 0.622. The summed E-state index contributed by atoms with van der Waals surface area (Å²) < 4.78 is 16.5. The summed E-state index contributed by atoms with van der Waals surface area (Å²) in [5, 5.41) is 0. The second-order valence-corrected chi connectivity index (χ2v) is 1.32. The molecule has 48 valence electrons. The van der Waals surface area contributed by atoms with E-state index in [1.807, 2.05) is 0 Å². The lowest BCUT2D eigenvalue weighted by Gasteiger charge is -1.91. The SMILES string of the molecule is COC/C(F)=C\CN. The van der Waals surface area contributed by atoms with Gasteiger partial charge in [-0.25, -0.2) is 4.39 Å². The van der Waals surface area contributed by atoms with E-state index in [0.29, 0.717) is 0 Å². The highest BCUT2D eigenvalue weighted by atomic mass is 19.1. The molecule has 0 saturated heterocycles. The summed E-state index contributed by atoms with van der Waals surface area (Å²) in [6, 6.07) is 0. The van der Waals surface area contributed by atoms with Gasteiger partial charge in [-0.2, -0.15) is 0 Å². The van der Waals surface area contributed by atoms with Gasteiger partial charge in [-0.15, -0.1) is 0 Å². The summed E-state index contributed by atoms with van der Waals surface area (Å²) in [5.41, 5.74) is 4.99. The van der Waals surface area contributed by atoms with E-state index in [4.69, 9.17) is 5.73 Å². The molecule has 3 heteroatoms. The lowest BCUT2D eigenvalue weighted by Crippen LogP contribution is -1.96. The highest BCUT2D eigenvalue weighted by molar-refractivity contribution is 4.91. The van der Waals surface area contributed by atoms with E-state index in [1.54, 1.807) is 0 Å². The van der Waals surface area contributed by atoms with Crippen LogP contribution in [0.3, 0.4) is 0 Å². The van der Waals surface area contributed by atoms with Crippen LogP contribution >= 0.6 is 0 Å². The Balaban J connectivity index is 3.29. The van der Waals surface area contributed by atoms with Crippen LogP contribution in [0.5, 0.6) is 0 Å². The van der Waals surface area contributed by atoms with Crippen LogP contribution in [0.2, 0.25) is 0 Å². The van der Waals surface area contributed by atoms with Gasteiger partial charge in [-0.3, -0.25) is 0 Å². The summed E-state index contributed by atoms with van der Waals surface area (Å²) >= 11 is 0. The minimum absolute atomic E-state index is 0.0250. The van der Waals surface area contributed by atoms with Gasteiger partial charge >= 0.3 is 0 Å². The van der Waals surface area contributed by atoms with Crippen molar-refractivity contribution in [2.24, 2.45) is 5.73 Å². The second-order valence-electron chi connectivity index (χ2n) is 1.32. The van der Waals surface area contributed by atoms with E-state index in [2.05, 4.69) is 4.74 Å². The molecule has 0 amide bonds. The van der Waals surface area contributed by atoms with Gasteiger partial charge < -0.3 is 10.5 Å². The molecular formula is C5H10FNO. The molecule has 0 unspecified atom stereocenters. The van der Waals surface area contributed by atoms with Crippen LogP contribution in [-0.4, -0.2) is 20.3 Å². The molecule has 0 aliphatic rings. The Morgan fingerprint density at radius 2 is 2.50 bits per heavy atom. The molecule has 0 heterocycles. The van der Waals surface area contributed by atoms with Crippen molar-refractivity contribution in [3.05, 3.63) is 11.9 Å². The molecule has 8 heavy (non-hydrogen) atoms. The summed E-state index contributed by atoms with van der Waals surface area (Å²) in [6.45, 7) is 0.256. The van der Waals surface area contributed by atoms with E-state index in [-0.39, 0.29) is 19.0 Å². The van der Waals surface area contributed by atoms with Crippen LogP contribution in [-0.2, 0) is 4.74 Å². The molecule has 0 bridgehead atoms. The lowest BCUT2D eigenvalue weighted by atomic mass is 10.5. The fourth-order valence-corrected chi connectivity index (χ4v) is 0.325. The number of nitrogens with two attached hydrogens (primary N) is 1. The van der Waals surface area contributed by atoms with Crippen molar-refractivity contribution in [1.82, 2.24) is 0 Å². The molecule has 0 fully saturated rings. The van der Waals surface area contributed by atoms with Crippen molar-refractivity contribution in [3.63, 3.8) is 0 Å². The minimum Gasteiger partial charge on any atom is -0.378 e. The highest BCUT2D eigenvalue weighted by Gasteiger charge is 1.87. The largest absolute Gasteiger partial charge is 0.378 e. The highest BCUT2D eigenvalue weighted by Crippen LogP contribution is 1.92. The quantitative estimate of drug-likeness (QED) is 0.585. The van der Waals surface area contributed by atoms with Crippen molar-refractivity contribution < 1.29 is 9.13 Å². The van der Waals surface area contributed by atoms with Crippen molar-refractivity contribution >= 4 is 0 Å². The van der Waals surface area contributed by atoms with Crippen LogP contribution in [0.4, 0.5) is 4.39 Å². The van der Waals surface area contributed by atoms with Crippen LogP contribution in [0.1, 0.15) is 0 Å². The molecular weight excluding hydrogens is 109 g/mol. The summed E-state index contributed by atoms with van der Waals surface area (Å²) in [6.07, 6.45) is 1.28. The van der Waals surface area contributed by atoms with Gasteiger partial charge in [-0.1, -0.05) is 0 Å². The lowest BCUT2D eigenvalue weighted by molar-refractivity contribution is 0.206. The average Bonchev–Trinajstić information content (AvgIpc) is 1.68. The monoisotopic (exact) mass is 119 g/mol. The first-order chi connectivity index (χ1) is 3.81. The molecule has 0 radical (unpaired) electrons. The zero-order chi connectivity index (χ0) is 6.41. The molecule has 0 rings (SSSR count). The molecule has 0 aliphatic heterocycles. The van der Waals surface area contributed by atoms with Crippen molar-refractivity contribution in [2.75, 3.05) is 20.3 Å². The Morgan fingerprint density at radius 1 is 1.88 bits per heavy atom. The number of ether oxygens (including phenoxy) is 1. The zero-order valence-corrected chi connectivity index (χ0v) is 4.86. The smallest absolute Gasteiger partial charge is 0.123 e. The van der Waals surface area contributed by atoms with E-state index in [0.717, 1.165) is 0 Å². The number of rotatable bonds is 3. The van der Waals surface area contributed by atoms with Gasteiger partial charge in [0.05, 0.1) is 6.61 Å². The van der Waals surface area contributed by atoms with E-state index >= 15 is 0 Å². The molecule has 2 nitrogen and oxygen atoms in total. The van der Waals surface area contributed by atoms with E-state index in [9.17, 15) is 4.39 Å². The van der Waals surface area contributed by atoms with Crippen molar-refractivity contribution in [2.45, 2.75) is 0 Å². The minimum atomic E-state index is -0.310. The van der Waals surface area contributed by atoms with Crippen LogP contribution in [0.15, 0.2) is 11.9 Å². The zero-order valence-electron chi connectivity index (χ0n) is 4.86. The molecule has 0 saturated carbocycles. The predicted molar refractivity (Wildman–Crippen MR) is 30.1 cm³/mol. The van der Waals surface area contributed by atoms with Gasteiger partial charge in [0.1, 0.15) is 5.83 Å². The van der Waals surface area contributed by atoms with Crippen LogP contribution in [0, 0.1) is 0 Å². The number of halogens is 1. The first-order valence-electron chi connectivity index (χ1n) is 2.34. The van der Waals surface area contributed by atoms with Crippen molar-refractivity contribution in [1.29, 1.82) is 0 Å². The van der Waals surface area contributed by atoms with Crippen molar-refractivity contribution in [3.8, 4) is 0 Å². The fraction of sp³-hybridized carbons (Fsp3) is 0.600. The Bertz CT molecular complexity index is 82.5. The van der Waals surface area contributed by atoms with Gasteiger partial charge in [0.2, 0.25) is 0 Å². The molecule has 0 aromatic heterocycles. The first-order valence-corrected chi connectivity index (χ1v) is 2.34. The van der Waals surface area contributed by atoms with E-state index in [1.165, 1.54) is 13.2 Å². The topological polar surface area (TPSA) is 35.2 Å². The Labute approximate surface area is 48.1 Å². The molecule has 2 N–H and O–H groups in total. The predicted octanol–water partition coefficient (Wildman–Crippen LogP) is 0.445. The number of hydrogen-bond acceptors (Lipinski definition) is 2. The standard InChI is InChI=1S/C5H10FNO/c1-8-4-5(6)2-3-7/h2H,3-4,7H2,1H3/b5-2+. The maximum absolute atomic E-state index is 12.1. The number of hydrogen-bond donors (Lipinski definition) is 1. The number of methoxy groups -OCH3 is 1. The molecule has 0 aliphatic carbocycles. The molecule has 0 aromatic carbocycles. The van der Waals surface area contributed by atoms with Gasteiger partial charge in [-0.05, 0) is 6.08 Å². The van der Waals surface area contributed by atoms with Gasteiger partial charge in [0, 0.05) is 13.7 Å². The summed E-state index contributed by atoms with van der Waals surface area (Å²) in [7, 11) is 1.43. The van der Waals surface area contributed by atoms with Gasteiger partial charge in [0.25, 0.3) is 0 Å². The van der Waals surface area contributed by atoms with Crippen LogP contribution in [0.25, 0.3) is 0 Å². The first kappa shape index (κ1) is 7.59. The molecule has 0 atom stereocenters. The third-order valence-corrected chi connectivity index (χ3v) is 0.622. The molecule has 0 spiro atoms. The van der Waals surface area contributed by atoms with E-state index < -0.39 is 0 Å².